The molecule has 1 aliphatic heterocycles. The fourth-order valence-electron chi connectivity index (χ4n) is 6.49. The van der Waals surface area contributed by atoms with Crippen molar-refractivity contribution in [3.05, 3.63) is 144 Å². The van der Waals surface area contributed by atoms with E-state index in [9.17, 15) is 29.1 Å². The topological polar surface area (TPSA) is 152 Å². The van der Waals surface area contributed by atoms with Crippen molar-refractivity contribution in [3.63, 3.8) is 0 Å². The Morgan fingerprint density at radius 2 is 0.945 bits per heavy atom. The van der Waals surface area contributed by atoms with Crippen LogP contribution in [0.3, 0.4) is 0 Å². The van der Waals surface area contributed by atoms with Crippen molar-refractivity contribution < 1.29 is 52.8 Å². The minimum absolute atomic E-state index is 0.0430. The molecule has 1 N–H and O–H groups in total. The number of unbranched alkanes of at least 4 members (excludes halogenated alkanes) is 7. The van der Waals surface area contributed by atoms with E-state index in [2.05, 4.69) is 0 Å². The summed E-state index contributed by atoms with van der Waals surface area (Å²) in [7, 11) is 0. The second-order valence-corrected chi connectivity index (χ2v) is 13.3. The number of aldehydes is 1. The van der Waals surface area contributed by atoms with Gasteiger partial charge in [-0.3, -0.25) is 0 Å². The lowest BCUT2D eigenvalue weighted by Crippen LogP contribution is -2.69. The predicted octanol–water partition coefficient (Wildman–Crippen LogP) is 7.32. The van der Waals surface area contributed by atoms with Crippen LogP contribution in [0.15, 0.2) is 121 Å². The Balaban J connectivity index is 1.57. The number of carbonyl (C=O) groups excluding carboxylic acids is 5. The number of ether oxygens (including phenoxy) is 5. The van der Waals surface area contributed by atoms with Gasteiger partial charge in [-0.15, -0.1) is 0 Å². The maximum Gasteiger partial charge on any atom is 0.340 e. The Bertz CT molecular complexity index is 1820. The van der Waals surface area contributed by atoms with Crippen molar-refractivity contribution in [1.29, 1.82) is 0 Å². The number of esters is 4. The first-order valence-electron chi connectivity index (χ1n) is 18.6. The SMILES string of the molecule is O=CCCCCCCCCC[C@]1(OC(=O)c2ccccc2)O[C@H](CO)[C@@H](OC(=O)c2ccccc2)[C@H](OC(=O)c2ccccc2)[C@H]1OC(=O)c1ccccc1. The zero-order chi connectivity index (χ0) is 38.9. The molecule has 0 bridgehead atoms. The summed E-state index contributed by atoms with van der Waals surface area (Å²) in [4.78, 5) is 66.0. The molecule has 1 saturated heterocycles. The molecule has 288 valence electrons. The molecule has 0 spiro atoms. The first-order chi connectivity index (χ1) is 26.8. The van der Waals surface area contributed by atoms with Gasteiger partial charge in [0.1, 0.15) is 12.4 Å². The van der Waals surface area contributed by atoms with E-state index in [0.29, 0.717) is 19.3 Å². The van der Waals surface area contributed by atoms with E-state index >= 15 is 0 Å². The summed E-state index contributed by atoms with van der Waals surface area (Å²) in [5, 5.41) is 10.8. The summed E-state index contributed by atoms with van der Waals surface area (Å²) in [5.74, 6) is -5.46. The lowest BCUT2D eigenvalue weighted by Gasteiger charge is -2.50. The summed E-state index contributed by atoms with van der Waals surface area (Å²) in [5.41, 5.74) is 0.639. The summed E-state index contributed by atoms with van der Waals surface area (Å²) >= 11 is 0. The van der Waals surface area contributed by atoms with Gasteiger partial charge in [-0.2, -0.15) is 0 Å². The van der Waals surface area contributed by atoms with Gasteiger partial charge in [0, 0.05) is 12.8 Å². The van der Waals surface area contributed by atoms with Gasteiger partial charge in [-0.1, -0.05) is 105 Å². The number of aliphatic hydroxyl groups excluding tert-OH is 1. The highest BCUT2D eigenvalue weighted by Gasteiger charge is 2.62. The maximum absolute atomic E-state index is 13.9. The third kappa shape index (κ3) is 11.2. The van der Waals surface area contributed by atoms with Crippen LogP contribution in [0.4, 0.5) is 0 Å². The molecule has 1 heterocycles. The van der Waals surface area contributed by atoms with Gasteiger partial charge >= 0.3 is 23.9 Å². The second-order valence-electron chi connectivity index (χ2n) is 13.3. The van der Waals surface area contributed by atoms with Crippen molar-refractivity contribution in [2.24, 2.45) is 0 Å². The molecule has 1 aliphatic rings. The number of hydrogen-bond acceptors (Lipinski definition) is 11. The van der Waals surface area contributed by atoms with Crippen LogP contribution in [0.2, 0.25) is 0 Å². The van der Waals surface area contributed by atoms with Gasteiger partial charge in [-0.05, 0) is 61.4 Å². The fraction of sp³-hybridized carbons (Fsp3) is 0.341. The molecule has 55 heavy (non-hydrogen) atoms. The molecule has 0 saturated carbocycles. The van der Waals surface area contributed by atoms with E-state index in [4.69, 9.17) is 23.7 Å². The van der Waals surface area contributed by atoms with Gasteiger partial charge in [0.05, 0.1) is 28.9 Å². The molecule has 5 atom stereocenters. The normalized spacial score (nSPS) is 20.5. The van der Waals surface area contributed by atoms with Crippen molar-refractivity contribution in [2.75, 3.05) is 6.61 Å². The maximum atomic E-state index is 13.9. The number of carbonyl (C=O) groups is 5. The summed E-state index contributed by atoms with van der Waals surface area (Å²) in [6, 6.07) is 32.4. The highest BCUT2D eigenvalue weighted by atomic mass is 16.8. The molecule has 11 heteroatoms. The Kier molecular flexibility index (Phi) is 15.3. The molecule has 0 amide bonds. The average Bonchev–Trinajstić information content (AvgIpc) is 3.23. The fourth-order valence-corrected chi connectivity index (χ4v) is 6.49. The first kappa shape index (κ1) is 40.5. The van der Waals surface area contributed by atoms with Crippen molar-refractivity contribution in [1.82, 2.24) is 0 Å². The third-order valence-electron chi connectivity index (χ3n) is 9.32. The third-order valence-corrected chi connectivity index (χ3v) is 9.32. The molecule has 0 aromatic heterocycles. The average molecular weight is 751 g/mol. The van der Waals surface area contributed by atoms with Crippen LogP contribution in [0.1, 0.15) is 99.2 Å². The molecule has 0 aliphatic carbocycles. The van der Waals surface area contributed by atoms with E-state index in [0.717, 1.165) is 38.4 Å². The van der Waals surface area contributed by atoms with Gasteiger partial charge in [0.25, 0.3) is 5.79 Å². The van der Waals surface area contributed by atoms with Gasteiger partial charge in [0.15, 0.2) is 12.2 Å². The van der Waals surface area contributed by atoms with Gasteiger partial charge in [-0.25, -0.2) is 19.2 Å². The number of aliphatic hydroxyl groups is 1. The standard InChI is InChI=1S/C44H46O11/c45-30-20-6-4-2-1-3-5-19-29-44(55-43(50)35-27-17-10-18-28-35)39(53-42(49)34-25-15-9-16-26-34)38(52-41(48)33-23-13-8-14-24-33)37(36(31-46)54-44)51-40(47)32-21-11-7-12-22-32/h7-18,21-28,30,36-39,46H,1-6,19-20,29,31H2/t36-,37-,38+,39-,44-/m1/s1. The summed E-state index contributed by atoms with van der Waals surface area (Å²) in [6.45, 7) is -0.753. The minimum atomic E-state index is -2.13. The van der Waals surface area contributed by atoms with Gasteiger partial charge < -0.3 is 33.6 Å². The van der Waals surface area contributed by atoms with Crippen LogP contribution >= 0.6 is 0 Å². The lowest BCUT2D eigenvalue weighted by atomic mass is 9.88. The van der Waals surface area contributed by atoms with Crippen molar-refractivity contribution in [3.8, 4) is 0 Å². The Morgan fingerprint density at radius 1 is 0.545 bits per heavy atom. The molecule has 0 unspecified atom stereocenters. The van der Waals surface area contributed by atoms with Crippen LogP contribution in [-0.2, 0) is 28.5 Å². The molecule has 11 nitrogen and oxygen atoms in total. The Morgan fingerprint density at radius 3 is 1.40 bits per heavy atom. The van der Waals surface area contributed by atoms with Crippen LogP contribution in [0.5, 0.6) is 0 Å². The first-order valence-corrected chi connectivity index (χ1v) is 18.6. The van der Waals surface area contributed by atoms with E-state index in [1.54, 1.807) is 84.9 Å². The van der Waals surface area contributed by atoms with E-state index in [1.165, 1.54) is 36.4 Å². The Labute approximate surface area is 320 Å². The predicted molar refractivity (Wildman–Crippen MR) is 201 cm³/mol. The highest BCUT2D eigenvalue weighted by Crippen LogP contribution is 2.41. The van der Waals surface area contributed by atoms with E-state index in [-0.39, 0.29) is 28.7 Å². The zero-order valence-electron chi connectivity index (χ0n) is 30.5. The van der Waals surface area contributed by atoms with Crippen molar-refractivity contribution in [2.45, 2.75) is 88.0 Å². The number of hydrogen-bond donors (Lipinski definition) is 1. The van der Waals surface area contributed by atoms with Crippen LogP contribution in [-0.4, -0.2) is 72.1 Å². The molecule has 5 rings (SSSR count). The molecule has 4 aromatic carbocycles. The minimum Gasteiger partial charge on any atom is -0.452 e. The van der Waals surface area contributed by atoms with E-state index < -0.39 is 60.7 Å². The van der Waals surface area contributed by atoms with Crippen LogP contribution in [0.25, 0.3) is 0 Å². The monoisotopic (exact) mass is 750 g/mol. The molecule has 4 aromatic rings. The molecular formula is C44H46O11. The highest BCUT2D eigenvalue weighted by molar-refractivity contribution is 5.92. The largest absolute Gasteiger partial charge is 0.452 e. The number of rotatable bonds is 19. The molecule has 0 radical (unpaired) electrons. The zero-order valence-corrected chi connectivity index (χ0v) is 30.5. The van der Waals surface area contributed by atoms with Gasteiger partial charge in [0.2, 0.25) is 6.10 Å². The van der Waals surface area contributed by atoms with Crippen LogP contribution in [0, 0.1) is 0 Å². The van der Waals surface area contributed by atoms with Crippen molar-refractivity contribution >= 4 is 30.2 Å². The van der Waals surface area contributed by atoms with Crippen LogP contribution < -0.4 is 0 Å². The second kappa shape index (κ2) is 20.7. The summed E-state index contributed by atoms with van der Waals surface area (Å²) in [6.07, 6.45) is 0.588. The lowest BCUT2D eigenvalue weighted by molar-refractivity contribution is -0.345. The van der Waals surface area contributed by atoms with E-state index in [1.807, 2.05) is 0 Å². The smallest absolute Gasteiger partial charge is 0.340 e. The molecule has 1 fully saturated rings. The molecular weight excluding hydrogens is 704 g/mol. The summed E-state index contributed by atoms with van der Waals surface area (Å²) < 4.78 is 31.1. The number of benzene rings is 4. The quantitative estimate of drug-likeness (QED) is 0.0444. The Hall–Kier alpha value is -5.65.